The van der Waals surface area contributed by atoms with Crippen molar-refractivity contribution in [1.82, 2.24) is 0 Å². The summed E-state index contributed by atoms with van der Waals surface area (Å²) in [5, 5.41) is 34.4. The normalized spacial score (nSPS) is 12.6. The summed E-state index contributed by atoms with van der Waals surface area (Å²) >= 11 is 0. The Morgan fingerprint density at radius 2 is 1.56 bits per heavy atom. The standard InChI is InChI=1S/C7H14O2.C6H14O3/c1-3-4-5-6(2)7(8)9;1-2-6(3-7,4-8)5-9/h6H,3-5H2,1-2H3,(H,8,9);7-9H,2-5H2,1H3. The van der Waals surface area contributed by atoms with Gasteiger partial charge in [-0.05, 0) is 12.8 Å². The Kier molecular flexibility index (Phi) is 12.5. The molecule has 0 spiro atoms. The van der Waals surface area contributed by atoms with Gasteiger partial charge in [-0.25, -0.2) is 0 Å². The lowest BCUT2D eigenvalue weighted by Crippen LogP contribution is -2.32. The molecule has 0 radical (unpaired) electrons. The van der Waals surface area contributed by atoms with Crippen LogP contribution < -0.4 is 0 Å². The molecule has 0 saturated heterocycles. The first-order valence-electron chi connectivity index (χ1n) is 6.48. The molecule has 0 aromatic heterocycles. The van der Waals surface area contributed by atoms with Gasteiger partial charge >= 0.3 is 5.97 Å². The highest BCUT2D eigenvalue weighted by Gasteiger charge is 2.24. The zero-order valence-corrected chi connectivity index (χ0v) is 11.7. The van der Waals surface area contributed by atoms with Crippen LogP contribution in [0.4, 0.5) is 0 Å². The Morgan fingerprint density at radius 1 is 1.11 bits per heavy atom. The number of aliphatic carboxylic acids is 1. The van der Waals surface area contributed by atoms with Crippen LogP contribution in [0.5, 0.6) is 0 Å². The van der Waals surface area contributed by atoms with E-state index in [1.54, 1.807) is 6.92 Å². The number of hydrogen-bond donors (Lipinski definition) is 4. The molecule has 1 unspecified atom stereocenters. The molecule has 4 N–H and O–H groups in total. The Balaban J connectivity index is 0. The number of rotatable bonds is 8. The van der Waals surface area contributed by atoms with E-state index in [2.05, 4.69) is 6.92 Å². The summed E-state index contributed by atoms with van der Waals surface area (Å²) in [5.41, 5.74) is -0.667. The molecule has 0 aliphatic rings. The number of aliphatic hydroxyl groups excluding tert-OH is 3. The predicted octanol–water partition coefficient (Wildman–Crippen LogP) is 1.26. The van der Waals surface area contributed by atoms with Gasteiger partial charge in [0, 0.05) is 5.41 Å². The van der Waals surface area contributed by atoms with E-state index in [1.807, 2.05) is 6.92 Å². The molecule has 1 atom stereocenters. The monoisotopic (exact) mass is 264 g/mol. The van der Waals surface area contributed by atoms with Crippen LogP contribution in [0.25, 0.3) is 0 Å². The quantitative estimate of drug-likeness (QED) is 0.529. The van der Waals surface area contributed by atoms with Gasteiger partial charge in [-0.3, -0.25) is 4.79 Å². The van der Waals surface area contributed by atoms with E-state index >= 15 is 0 Å². The molecule has 5 heteroatoms. The lowest BCUT2D eigenvalue weighted by molar-refractivity contribution is -0.141. The summed E-state index contributed by atoms with van der Waals surface area (Å²) in [7, 11) is 0. The van der Waals surface area contributed by atoms with E-state index in [4.69, 9.17) is 20.4 Å². The van der Waals surface area contributed by atoms with Crippen molar-refractivity contribution in [3.05, 3.63) is 0 Å². The van der Waals surface area contributed by atoms with Crippen LogP contribution in [0.1, 0.15) is 46.5 Å². The number of aliphatic hydroxyl groups is 3. The van der Waals surface area contributed by atoms with Gasteiger partial charge in [0.2, 0.25) is 0 Å². The number of carboxylic acid groups (broad SMARTS) is 1. The van der Waals surface area contributed by atoms with Crippen molar-refractivity contribution in [2.24, 2.45) is 11.3 Å². The Labute approximate surface area is 109 Å². The van der Waals surface area contributed by atoms with E-state index in [9.17, 15) is 4.79 Å². The van der Waals surface area contributed by atoms with Gasteiger partial charge in [-0.15, -0.1) is 0 Å². The first-order chi connectivity index (χ1) is 8.42. The molecule has 0 aromatic carbocycles. The summed E-state index contributed by atoms with van der Waals surface area (Å²) in [4.78, 5) is 10.2. The number of carboxylic acids is 1. The summed E-state index contributed by atoms with van der Waals surface area (Å²) in [6.45, 7) is 5.17. The first-order valence-corrected chi connectivity index (χ1v) is 6.48. The molecule has 0 saturated carbocycles. The van der Waals surface area contributed by atoms with Crippen molar-refractivity contribution < 1.29 is 25.2 Å². The van der Waals surface area contributed by atoms with Gasteiger partial charge in [-0.1, -0.05) is 33.6 Å². The summed E-state index contributed by atoms with van der Waals surface area (Å²) in [6, 6.07) is 0. The Bertz CT molecular complexity index is 184. The largest absolute Gasteiger partial charge is 0.481 e. The van der Waals surface area contributed by atoms with E-state index in [0.29, 0.717) is 6.42 Å². The third-order valence-electron chi connectivity index (χ3n) is 3.17. The maximum absolute atomic E-state index is 10.2. The number of unbranched alkanes of at least 4 members (excludes halogenated alkanes) is 1. The predicted molar refractivity (Wildman–Crippen MR) is 70.3 cm³/mol. The zero-order valence-electron chi connectivity index (χ0n) is 11.7. The first kappa shape index (κ1) is 19.7. The van der Waals surface area contributed by atoms with Crippen LogP contribution in [-0.4, -0.2) is 46.2 Å². The lowest BCUT2D eigenvalue weighted by Gasteiger charge is -2.24. The molecule has 0 aliphatic heterocycles. The van der Waals surface area contributed by atoms with Gasteiger partial charge in [-0.2, -0.15) is 0 Å². The molecular formula is C13H28O5. The van der Waals surface area contributed by atoms with Gasteiger partial charge in [0.15, 0.2) is 0 Å². The fraction of sp³-hybridized carbons (Fsp3) is 0.923. The lowest BCUT2D eigenvalue weighted by atomic mass is 9.88. The summed E-state index contributed by atoms with van der Waals surface area (Å²) < 4.78 is 0. The van der Waals surface area contributed by atoms with Gasteiger partial charge in [0.05, 0.1) is 25.7 Å². The highest BCUT2D eigenvalue weighted by Crippen LogP contribution is 2.18. The topological polar surface area (TPSA) is 98.0 Å². The van der Waals surface area contributed by atoms with E-state index in [-0.39, 0.29) is 25.7 Å². The van der Waals surface area contributed by atoms with E-state index in [1.165, 1.54) is 0 Å². The summed E-state index contributed by atoms with van der Waals surface area (Å²) in [6.07, 6.45) is 3.51. The maximum atomic E-state index is 10.2. The molecule has 18 heavy (non-hydrogen) atoms. The average molecular weight is 264 g/mol. The SMILES string of the molecule is CCC(CO)(CO)CO.CCCCC(C)C(=O)O. The average Bonchev–Trinajstić information content (AvgIpc) is 2.40. The van der Waals surface area contributed by atoms with Crippen LogP contribution in [-0.2, 0) is 4.79 Å². The number of hydrogen-bond acceptors (Lipinski definition) is 4. The molecule has 0 fully saturated rings. The maximum Gasteiger partial charge on any atom is 0.306 e. The second-order valence-electron chi connectivity index (χ2n) is 4.71. The van der Waals surface area contributed by atoms with Crippen LogP contribution in [0.3, 0.4) is 0 Å². The zero-order chi connectivity index (χ0) is 14.6. The van der Waals surface area contributed by atoms with Gasteiger partial charge in [0.1, 0.15) is 0 Å². The smallest absolute Gasteiger partial charge is 0.306 e. The molecule has 0 rings (SSSR count). The van der Waals surface area contributed by atoms with E-state index < -0.39 is 11.4 Å². The third kappa shape index (κ3) is 8.44. The van der Waals surface area contributed by atoms with Gasteiger partial charge < -0.3 is 20.4 Å². The van der Waals surface area contributed by atoms with E-state index in [0.717, 1.165) is 19.3 Å². The molecule has 5 nitrogen and oxygen atoms in total. The van der Waals surface area contributed by atoms with Crippen LogP contribution in [0.15, 0.2) is 0 Å². The van der Waals surface area contributed by atoms with Gasteiger partial charge in [0.25, 0.3) is 0 Å². The molecule has 0 amide bonds. The third-order valence-corrected chi connectivity index (χ3v) is 3.17. The van der Waals surface area contributed by atoms with Crippen molar-refractivity contribution in [3.8, 4) is 0 Å². The molecule has 0 bridgehead atoms. The molecular weight excluding hydrogens is 236 g/mol. The molecule has 0 aliphatic carbocycles. The minimum absolute atomic E-state index is 0.156. The fourth-order valence-corrected chi connectivity index (χ4v) is 1.12. The highest BCUT2D eigenvalue weighted by atomic mass is 16.4. The second-order valence-corrected chi connectivity index (χ2v) is 4.71. The van der Waals surface area contributed by atoms with Crippen molar-refractivity contribution in [1.29, 1.82) is 0 Å². The van der Waals surface area contributed by atoms with Crippen molar-refractivity contribution in [2.45, 2.75) is 46.5 Å². The molecule has 0 aromatic rings. The highest BCUT2D eigenvalue weighted by molar-refractivity contribution is 5.69. The molecule has 110 valence electrons. The van der Waals surface area contributed by atoms with Crippen LogP contribution >= 0.6 is 0 Å². The minimum Gasteiger partial charge on any atom is -0.481 e. The summed E-state index contributed by atoms with van der Waals surface area (Å²) in [5.74, 6) is -0.839. The van der Waals surface area contributed by atoms with Crippen molar-refractivity contribution in [3.63, 3.8) is 0 Å². The number of carbonyl (C=O) groups is 1. The van der Waals surface area contributed by atoms with Crippen LogP contribution in [0, 0.1) is 11.3 Å². The van der Waals surface area contributed by atoms with Crippen LogP contribution in [0.2, 0.25) is 0 Å². The fourth-order valence-electron chi connectivity index (χ4n) is 1.12. The van der Waals surface area contributed by atoms with Crippen molar-refractivity contribution >= 4 is 5.97 Å². The second kappa shape index (κ2) is 11.4. The van der Waals surface area contributed by atoms with Crippen molar-refractivity contribution in [2.75, 3.05) is 19.8 Å². The minimum atomic E-state index is -0.677. The Morgan fingerprint density at radius 3 is 1.72 bits per heavy atom. The Hall–Kier alpha value is -0.650. The molecule has 0 heterocycles.